The van der Waals surface area contributed by atoms with E-state index in [1.54, 1.807) is 30.7 Å². The van der Waals surface area contributed by atoms with Crippen LogP contribution in [0.15, 0.2) is 66.2 Å². The largest absolute Gasteiger partial charge is 0.351 e. The molecule has 0 saturated carbocycles. The van der Waals surface area contributed by atoms with Gasteiger partial charge in [-0.05, 0) is 43.0 Å². The fourth-order valence-electron chi connectivity index (χ4n) is 2.55. The number of hydrogen-bond acceptors (Lipinski definition) is 4. The standard InChI is InChI=1S/C21H22N4O2S/c1-16-5-7-17(8-6-16)20(26)24-19(14-18-4-2-13-28-18)21(27)23-9-3-11-25-12-10-22-15-25/h2,4-8,10,12-15H,3,9,11H2,1H3,(H,23,27)(H,24,26)/b19-14+. The molecule has 7 heteroatoms. The molecule has 3 rings (SSSR count). The summed E-state index contributed by atoms with van der Waals surface area (Å²) in [6.45, 7) is 3.22. The van der Waals surface area contributed by atoms with E-state index in [4.69, 9.17) is 0 Å². The number of nitrogens with one attached hydrogen (secondary N) is 2. The number of rotatable bonds is 8. The summed E-state index contributed by atoms with van der Waals surface area (Å²) < 4.78 is 1.95. The van der Waals surface area contributed by atoms with Gasteiger partial charge in [0.1, 0.15) is 5.70 Å². The molecule has 6 nitrogen and oxygen atoms in total. The van der Waals surface area contributed by atoms with Crippen LogP contribution < -0.4 is 10.6 Å². The summed E-state index contributed by atoms with van der Waals surface area (Å²) in [5.74, 6) is -0.615. The van der Waals surface area contributed by atoms with Crippen molar-refractivity contribution in [2.45, 2.75) is 19.9 Å². The molecule has 2 aromatic heterocycles. The Morgan fingerprint density at radius 1 is 1.21 bits per heavy atom. The molecule has 0 saturated heterocycles. The number of carbonyl (C=O) groups is 2. The van der Waals surface area contributed by atoms with Crippen LogP contribution >= 0.6 is 11.3 Å². The van der Waals surface area contributed by atoms with Crippen LogP contribution in [-0.2, 0) is 11.3 Å². The Hall–Kier alpha value is -3.19. The second kappa shape index (κ2) is 9.66. The molecule has 2 N–H and O–H groups in total. The van der Waals surface area contributed by atoms with Gasteiger partial charge in [-0.15, -0.1) is 11.3 Å². The molecule has 0 aliphatic rings. The maximum absolute atomic E-state index is 12.6. The van der Waals surface area contributed by atoms with E-state index in [9.17, 15) is 9.59 Å². The minimum Gasteiger partial charge on any atom is -0.351 e. The summed E-state index contributed by atoms with van der Waals surface area (Å²) in [7, 11) is 0. The van der Waals surface area contributed by atoms with E-state index in [1.807, 2.05) is 47.3 Å². The van der Waals surface area contributed by atoms with Crippen molar-refractivity contribution in [2.24, 2.45) is 0 Å². The van der Waals surface area contributed by atoms with E-state index in [0.29, 0.717) is 12.1 Å². The van der Waals surface area contributed by atoms with Crippen LogP contribution in [0.3, 0.4) is 0 Å². The Labute approximate surface area is 167 Å². The summed E-state index contributed by atoms with van der Waals surface area (Å²) in [5, 5.41) is 7.54. The molecule has 0 aliphatic carbocycles. The molecular formula is C21H22N4O2S. The molecule has 0 unspecified atom stereocenters. The van der Waals surface area contributed by atoms with Gasteiger partial charge in [-0.2, -0.15) is 0 Å². The number of aryl methyl sites for hydroxylation is 2. The number of imidazole rings is 1. The maximum Gasteiger partial charge on any atom is 0.267 e. The average Bonchev–Trinajstić information content (AvgIpc) is 3.39. The van der Waals surface area contributed by atoms with E-state index in [0.717, 1.165) is 23.4 Å². The van der Waals surface area contributed by atoms with E-state index < -0.39 is 0 Å². The van der Waals surface area contributed by atoms with Gasteiger partial charge in [0.2, 0.25) is 0 Å². The highest BCUT2D eigenvalue weighted by atomic mass is 32.1. The molecule has 0 bridgehead atoms. The van der Waals surface area contributed by atoms with Crippen LogP contribution in [0.1, 0.15) is 27.2 Å². The fraction of sp³-hybridized carbons (Fsp3) is 0.190. The van der Waals surface area contributed by atoms with Gasteiger partial charge in [0.15, 0.2) is 0 Å². The number of nitrogens with zero attached hydrogens (tertiary/aromatic N) is 2. The molecule has 0 fully saturated rings. The van der Waals surface area contributed by atoms with Gasteiger partial charge in [-0.25, -0.2) is 4.98 Å². The maximum atomic E-state index is 12.6. The van der Waals surface area contributed by atoms with Gasteiger partial charge >= 0.3 is 0 Å². The van der Waals surface area contributed by atoms with Crippen LogP contribution in [0.25, 0.3) is 6.08 Å². The zero-order chi connectivity index (χ0) is 19.8. The number of thiophene rings is 1. The molecule has 3 aromatic rings. The quantitative estimate of drug-likeness (QED) is 0.455. The van der Waals surface area contributed by atoms with Crippen molar-refractivity contribution < 1.29 is 9.59 Å². The van der Waals surface area contributed by atoms with Crippen molar-refractivity contribution in [2.75, 3.05) is 6.54 Å². The lowest BCUT2D eigenvalue weighted by molar-refractivity contribution is -0.117. The van der Waals surface area contributed by atoms with Gasteiger partial charge in [-0.1, -0.05) is 23.8 Å². The summed E-state index contributed by atoms with van der Waals surface area (Å²) in [5.41, 5.74) is 1.81. The molecule has 0 spiro atoms. The lowest BCUT2D eigenvalue weighted by Gasteiger charge is -2.11. The lowest BCUT2D eigenvalue weighted by Crippen LogP contribution is -2.35. The molecule has 28 heavy (non-hydrogen) atoms. The molecule has 2 amide bonds. The Morgan fingerprint density at radius 3 is 2.71 bits per heavy atom. The SMILES string of the molecule is Cc1ccc(C(=O)N/C(=C/c2cccs2)C(=O)NCCCn2ccnc2)cc1. The second-order valence-electron chi connectivity index (χ2n) is 6.30. The number of benzene rings is 1. The Bertz CT molecular complexity index is 929. The minimum atomic E-state index is -0.309. The van der Waals surface area contributed by atoms with Gasteiger partial charge in [0, 0.05) is 35.9 Å². The Morgan fingerprint density at radius 2 is 2.04 bits per heavy atom. The van der Waals surface area contributed by atoms with Crippen LogP contribution in [0.4, 0.5) is 0 Å². The normalized spacial score (nSPS) is 11.2. The summed E-state index contributed by atoms with van der Waals surface area (Å²) in [6, 6.07) is 11.0. The first-order valence-corrected chi connectivity index (χ1v) is 9.87. The summed E-state index contributed by atoms with van der Waals surface area (Å²) in [4.78, 5) is 30.1. The van der Waals surface area contributed by atoms with E-state index in [2.05, 4.69) is 15.6 Å². The van der Waals surface area contributed by atoms with Crippen LogP contribution in [0.2, 0.25) is 0 Å². The third kappa shape index (κ3) is 5.65. The number of amides is 2. The molecule has 0 aliphatic heterocycles. The Kier molecular flexibility index (Phi) is 6.75. The van der Waals surface area contributed by atoms with Crippen molar-refractivity contribution in [3.63, 3.8) is 0 Å². The van der Waals surface area contributed by atoms with E-state index in [-0.39, 0.29) is 17.5 Å². The van der Waals surface area contributed by atoms with E-state index >= 15 is 0 Å². The van der Waals surface area contributed by atoms with Gasteiger partial charge < -0.3 is 15.2 Å². The molecule has 0 atom stereocenters. The smallest absolute Gasteiger partial charge is 0.267 e. The first kappa shape index (κ1) is 19.6. The molecule has 0 radical (unpaired) electrons. The van der Waals surface area contributed by atoms with Crippen LogP contribution in [-0.4, -0.2) is 27.9 Å². The highest BCUT2D eigenvalue weighted by molar-refractivity contribution is 7.10. The van der Waals surface area contributed by atoms with Crippen molar-refractivity contribution in [3.8, 4) is 0 Å². The predicted molar refractivity (Wildman–Crippen MR) is 111 cm³/mol. The van der Waals surface area contributed by atoms with E-state index in [1.165, 1.54) is 11.3 Å². The van der Waals surface area contributed by atoms with Crippen molar-refractivity contribution in [1.82, 2.24) is 20.2 Å². The zero-order valence-corrected chi connectivity index (χ0v) is 16.4. The molecular weight excluding hydrogens is 372 g/mol. The van der Waals surface area contributed by atoms with Gasteiger partial charge in [0.05, 0.1) is 6.33 Å². The average molecular weight is 395 g/mol. The molecule has 1 aromatic carbocycles. The lowest BCUT2D eigenvalue weighted by atomic mass is 10.1. The van der Waals surface area contributed by atoms with Crippen LogP contribution in [0, 0.1) is 6.92 Å². The summed E-state index contributed by atoms with van der Waals surface area (Å²) in [6.07, 6.45) is 7.81. The van der Waals surface area contributed by atoms with Gasteiger partial charge in [-0.3, -0.25) is 9.59 Å². The zero-order valence-electron chi connectivity index (χ0n) is 15.6. The van der Waals surface area contributed by atoms with Gasteiger partial charge in [0.25, 0.3) is 11.8 Å². The number of hydrogen-bond donors (Lipinski definition) is 2. The van der Waals surface area contributed by atoms with Crippen molar-refractivity contribution >= 4 is 29.2 Å². The second-order valence-corrected chi connectivity index (χ2v) is 7.28. The number of aromatic nitrogens is 2. The minimum absolute atomic E-state index is 0.232. The fourth-order valence-corrected chi connectivity index (χ4v) is 3.21. The Balaban J connectivity index is 1.63. The highest BCUT2D eigenvalue weighted by Crippen LogP contribution is 2.13. The number of carbonyl (C=O) groups excluding carboxylic acids is 2. The van der Waals surface area contributed by atoms with Crippen molar-refractivity contribution in [3.05, 3.63) is 82.2 Å². The third-order valence-corrected chi connectivity index (χ3v) is 4.89. The first-order valence-electron chi connectivity index (χ1n) is 8.99. The first-order chi connectivity index (χ1) is 13.6. The predicted octanol–water partition coefficient (Wildman–Crippen LogP) is 3.23. The topological polar surface area (TPSA) is 76.0 Å². The molecule has 2 heterocycles. The van der Waals surface area contributed by atoms with Crippen molar-refractivity contribution in [1.29, 1.82) is 0 Å². The third-order valence-electron chi connectivity index (χ3n) is 4.07. The highest BCUT2D eigenvalue weighted by Gasteiger charge is 2.14. The van der Waals surface area contributed by atoms with Crippen LogP contribution in [0.5, 0.6) is 0 Å². The monoisotopic (exact) mass is 394 g/mol. The molecule has 144 valence electrons. The summed E-state index contributed by atoms with van der Waals surface area (Å²) >= 11 is 1.50.